The molecule has 2 N–H and O–H groups in total. The smallest absolute Gasteiger partial charge is 0.374 e. The number of aliphatic hydroxyl groups is 1. The number of hydrogen-bond acceptors (Lipinski definition) is 5. The Kier molecular flexibility index (Phi) is 6.47. The Morgan fingerprint density at radius 3 is 2.70 bits per heavy atom. The lowest BCUT2D eigenvalue weighted by Gasteiger charge is -2.27. The summed E-state index contributed by atoms with van der Waals surface area (Å²) < 4.78 is 40.3. The summed E-state index contributed by atoms with van der Waals surface area (Å²) in [4.78, 5) is 29.9. The zero-order valence-corrected chi connectivity index (χ0v) is 17.1. The number of rotatable bonds is 7. The maximum atomic E-state index is 13.4. The van der Waals surface area contributed by atoms with Crippen LogP contribution in [0.3, 0.4) is 0 Å². The normalized spacial score (nSPS) is 15.6. The molecule has 0 fully saturated rings. The average molecular weight is 441 g/mol. The molecule has 2 aromatic rings. The fourth-order valence-electron chi connectivity index (χ4n) is 3.34. The number of fused-ring (bicyclic) bond motifs is 1. The first-order valence-electron chi connectivity index (χ1n) is 9.48. The van der Waals surface area contributed by atoms with E-state index in [9.17, 15) is 27.9 Å². The first-order valence-corrected chi connectivity index (χ1v) is 10.4. The number of aromatic nitrogens is 1. The first-order chi connectivity index (χ1) is 14.1. The zero-order valence-electron chi connectivity index (χ0n) is 16.3. The van der Waals surface area contributed by atoms with E-state index >= 15 is 0 Å². The number of alkyl halides is 3. The van der Waals surface area contributed by atoms with Crippen LogP contribution in [0.2, 0.25) is 0 Å². The van der Waals surface area contributed by atoms with Gasteiger partial charge in [0, 0.05) is 36.3 Å². The Bertz CT molecular complexity index is 931. The molecule has 1 aromatic heterocycles. The number of hydrogen-bond donors (Lipinski definition) is 2. The zero-order chi connectivity index (χ0) is 21.9. The van der Waals surface area contributed by atoms with Crippen LogP contribution >= 0.6 is 11.3 Å². The minimum Gasteiger partial charge on any atom is -0.374 e. The fourth-order valence-corrected chi connectivity index (χ4v) is 4.25. The highest BCUT2D eigenvalue weighted by molar-refractivity contribution is 7.09. The average Bonchev–Trinajstić information content (AvgIpc) is 3.30. The molecule has 0 bridgehead atoms. The standard InChI is InChI=1S/C20H22F3N3O3S/c1-13-12-30-18(25-13)19(29,20(21,22)23)11-16(27)24-9-4-7-17(28)26-10-8-14-5-2-3-6-15(14)26/h2-3,5-6,12,29H,4,7-11H2,1H3,(H,24,27). The monoisotopic (exact) mass is 441 g/mol. The van der Waals surface area contributed by atoms with Crippen LogP contribution in [0.1, 0.15) is 35.5 Å². The van der Waals surface area contributed by atoms with Crippen LogP contribution in [-0.4, -0.2) is 41.2 Å². The third-order valence-electron chi connectivity index (χ3n) is 4.94. The number of carbonyl (C=O) groups is 2. The lowest BCUT2D eigenvalue weighted by Crippen LogP contribution is -2.46. The Balaban J connectivity index is 1.50. The number of amides is 2. The van der Waals surface area contributed by atoms with Crippen LogP contribution < -0.4 is 10.2 Å². The highest BCUT2D eigenvalue weighted by Crippen LogP contribution is 2.42. The number of aryl methyl sites for hydroxylation is 1. The number of thiazole rings is 1. The van der Waals surface area contributed by atoms with Crippen molar-refractivity contribution >= 4 is 28.8 Å². The van der Waals surface area contributed by atoms with E-state index in [1.54, 1.807) is 4.90 Å². The molecule has 1 aliphatic rings. The summed E-state index contributed by atoms with van der Waals surface area (Å²) in [5.41, 5.74) is -1.03. The van der Waals surface area contributed by atoms with Crippen molar-refractivity contribution in [3.05, 3.63) is 45.9 Å². The van der Waals surface area contributed by atoms with Gasteiger partial charge in [0.1, 0.15) is 5.01 Å². The molecule has 2 heterocycles. The number of para-hydroxylation sites is 1. The SMILES string of the molecule is Cc1csc(C(O)(CC(=O)NCCCC(=O)N2CCc3ccccc32)C(F)(F)F)n1. The maximum absolute atomic E-state index is 13.4. The Hall–Kier alpha value is -2.46. The summed E-state index contributed by atoms with van der Waals surface area (Å²) >= 11 is 0.655. The van der Waals surface area contributed by atoms with E-state index in [-0.39, 0.29) is 25.3 Å². The Morgan fingerprint density at radius 2 is 2.03 bits per heavy atom. The van der Waals surface area contributed by atoms with Gasteiger partial charge in [0.05, 0.1) is 6.42 Å². The molecule has 1 aliphatic heterocycles. The van der Waals surface area contributed by atoms with Crippen LogP contribution in [0, 0.1) is 6.92 Å². The van der Waals surface area contributed by atoms with E-state index in [1.165, 1.54) is 12.3 Å². The van der Waals surface area contributed by atoms with Gasteiger partial charge >= 0.3 is 6.18 Å². The molecule has 0 saturated heterocycles. The lowest BCUT2D eigenvalue weighted by molar-refractivity contribution is -0.267. The van der Waals surface area contributed by atoms with Crippen LogP contribution in [0.25, 0.3) is 0 Å². The summed E-state index contributed by atoms with van der Waals surface area (Å²) in [6, 6.07) is 7.61. The van der Waals surface area contributed by atoms with Crippen LogP contribution in [0.15, 0.2) is 29.6 Å². The Labute approximate surface area is 175 Å². The second-order valence-electron chi connectivity index (χ2n) is 7.21. The van der Waals surface area contributed by atoms with E-state index in [4.69, 9.17) is 0 Å². The van der Waals surface area contributed by atoms with E-state index in [2.05, 4.69) is 10.3 Å². The molecular weight excluding hydrogens is 419 g/mol. The van der Waals surface area contributed by atoms with Crippen LogP contribution in [0.4, 0.5) is 18.9 Å². The van der Waals surface area contributed by atoms with Gasteiger partial charge in [-0.2, -0.15) is 13.2 Å². The van der Waals surface area contributed by atoms with Crippen molar-refractivity contribution in [2.45, 2.75) is 44.4 Å². The van der Waals surface area contributed by atoms with Crippen molar-refractivity contribution in [3.8, 4) is 0 Å². The first kappa shape index (κ1) is 22.2. The predicted octanol–water partition coefficient (Wildman–Crippen LogP) is 3.08. The topological polar surface area (TPSA) is 82.5 Å². The molecule has 6 nitrogen and oxygen atoms in total. The van der Waals surface area contributed by atoms with Crippen molar-refractivity contribution in [3.63, 3.8) is 0 Å². The highest BCUT2D eigenvalue weighted by atomic mass is 32.1. The number of nitrogens with zero attached hydrogens (tertiary/aromatic N) is 2. The molecule has 10 heteroatoms. The number of benzene rings is 1. The van der Waals surface area contributed by atoms with Crippen LogP contribution in [0.5, 0.6) is 0 Å². The van der Waals surface area contributed by atoms with Crippen molar-refractivity contribution in [2.75, 3.05) is 18.0 Å². The van der Waals surface area contributed by atoms with Gasteiger partial charge in [-0.25, -0.2) is 4.98 Å². The molecule has 3 rings (SSSR count). The molecule has 162 valence electrons. The molecular formula is C20H22F3N3O3S. The van der Waals surface area contributed by atoms with E-state index in [1.807, 2.05) is 24.3 Å². The fraction of sp³-hybridized carbons (Fsp3) is 0.450. The van der Waals surface area contributed by atoms with E-state index in [0.29, 0.717) is 23.6 Å². The maximum Gasteiger partial charge on any atom is 0.424 e. The largest absolute Gasteiger partial charge is 0.424 e. The summed E-state index contributed by atoms with van der Waals surface area (Å²) in [5, 5.41) is 13.4. The van der Waals surface area contributed by atoms with Gasteiger partial charge in [0.15, 0.2) is 0 Å². The molecule has 0 spiro atoms. The summed E-state index contributed by atoms with van der Waals surface area (Å²) in [6.07, 6.45) is -5.01. The summed E-state index contributed by atoms with van der Waals surface area (Å²) in [5.74, 6) is -1.05. The van der Waals surface area contributed by atoms with E-state index < -0.39 is 29.1 Å². The minimum absolute atomic E-state index is 0.0326. The van der Waals surface area contributed by atoms with Gasteiger partial charge in [-0.15, -0.1) is 11.3 Å². The van der Waals surface area contributed by atoms with Crippen molar-refractivity contribution < 1.29 is 27.9 Å². The quantitative estimate of drug-likeness (QED) is 0.647. The second-order valence-corrected chi connectivity index (χ2v) is 8.06. The van der Waals surface area contributed by atoms with Crippen molar-refractivity contribution in [1.82, 2.24) is 10.3 Å². The summed E-state index contributed by atoms with van der Waals surface area (Å²) in [7, 11) is 0. The van der Waals surface area contributed by atoms with Gasteiger partial charge in [-0.1, -0.05) is 18.2 Å². The third kappa shape index (κ3) is 4.65. The molecule has 2 amide bonds. The molecule has 0 radical (unpaired) electrons. The van der Waals surface area contributed by atoms with E-state index in [0.717, 1.165) is 17.7 Å². The Morgan fingerprint density at radius 1 is 1.30 bits per heavy atom. The molecule has 0 aliphatic carbocycles. The lowest BCUT2D eigenvalue weighted by atomic mass is 9.99. The number of carbonyl (C=O) groups excluding carboxylic acids is 2. The molecule has 30 heavy (non-hydrogen) atoms. The summed E-state index contributed by atoms with van der Waals surface area (Å²) in [6.45, 7) is 2.13. The van der Waals surface area contributed by atoms with Crippen molar-refractivity contribution in [1.29, 1.82) is 0 Å². The number of anilines is 1. The van der Waals surface area contributed by atoms with Crippen LogP contribution in [-0.2, 0) is 21.6 Å². The molecule has 1 atom stereocenters. The highest BCUT2D eigenvalue weighted by Gasteiger charge is 2.58. The number of halogens is 3. The molecule has 0 saturated carbocycles. The van der Waals surface area contributed by atoms with Gasteiger partial charge < -0.3 is 15.3 Å². The second kappa shape index (κ2) is 8.73. The third-order valence-corrected chi connectivity index (χ3v) is 6.05. The van der Waals surface area contributed by atoms with Gasteiger partial charge in [0.2, 0.25) is 17.4 Å². The van der Waals surface area contributed by atoms with Gasteiger partial charge in [0.25, 0.3) is 0 Å². The molecule has 1 aromatic carbocycles. The number of nitrogens with one attached hydrogen (secondary N) is 1. The van der Waals surface area contributed by atoms with Gasteiger partial charge in [-0.3, -0.25) is 9.59 Å². The predicted molar refractivity (Wildman–Crippen MR) is 106 cm³/mol. The van der Waals surface area contributed by atoms with Gasteiger partial charge in [-0.05, 0) is 31.4 Å². The minimum atomic E-state index is -5.05. The van der Waals surface area contributed by atoms with Crippen molar-refractivity contribution in [2.24, 2.45) is 0 Å². The molecule has 1 unspecified atom stereocenters.